The second-order valence-corrected chi connectivity index (χ2v) is 8.16. The summed E-state index contributed by atoms with van der Waals surface area (Å²) < 4.78 is 23.8. The molecule has 0 fully saturated rings. The third-order valence-electron chi connectivity index (χ3n) is 2.90. The minimum Gasteiger partial charge on any atom is -0.377 e. The fourth-order valence-electron chi connectivity index (χ4n) is 1.86. The molecule has 19 heavy (non-hydrogen) atoms. The van der Waals surface area contributed by atoms with Gasteiger partial charge in [-0.05, 0) is 32.1 Å². The predicted molar refractivity (Wildman–Crippen MR) is 79.4 cm³/mol. The van der Waals surface area contributed by atoms with Gasteiger partial charge in [-0.3, -0.25) is 4.57 Å². The van der Waals surface area contributed by atoms with Crippen molar-refractivity contribution >= 4 is 7.60 Å². The Morgan fingerprint density at radius 2 is 1.53 bits per heavy atom. The molecule has 0 bridgehead atoms. The monoisotopic (exact) mass is 294 g/mol. The van der Waals surface area contributed by atoms with Gasteiger partial charge in [0.2, 0.25) is 0 Å². The van der Waals surface area contributed by atoms with E-state index in [0.29, 0.717) is 19.6 Å². The number of unbranched alkanes of at least 4 members (excludes halogenated alkanes) is 2. The molecular formula is C14H31O4P. The molecule has 0 saturated heterocycles. The Morgan fingerprint density at radius 1 is 1.11 bits per heavy atom. The Hall–Kier alpha value is 0.110. The van der Waals surface area contributed by atoms with Crippen LogP contribution in [0, 0.1) is 5.92 Å². The SMILES string of the molecule is CCCCOP(=O)(OCCCC)C(C)(O)CC(C)C. The number of hydrogen-bond acceptors (Lipinski definition) is 4. The molecule has 0 aromatic heterocycles. The number of hydrogen-bond donors (Lipinski definition) is 1. The van der Waals surface area contributed by atoms with Crippen LogP contribution in [0.3, 0.4) is 0 Å². The van der Waals surface area contributed by atoms with Crippen LogP contribution in [-0.2, 0) is 13.6 Å². The molecular weight excluding hydrogens is 263 g/mol. The Morgan fingerprint density at radius 3 is 1.84 bits per heavy atom. The molecule has 116 valence electrons. The van der Waals surface area contributed by atoms with Crippen molar-refractivity contribution in [2.45, 2.75) is 72.1 Å². The van der Waals surface area contributed by atoms with Gasteiger partial charge in [0.1, 0.15) is 0 Å². The first kappa shape index (κ1) is 19.1. The van der Waals surface area contributed by atoms with Crippen LogP contribution < -0.4 is 0 Å². The van der Waals surface area contributed by atoms with Crippen molar-refractivity contribution in [1.29, 1.82) is 0 Å². The van der Waals surface area contributed by atoms with Crippen molar-refractivity contribution < 1.29 is 18.7 Å². The molecule has 0 aromatic rings. The van der Waals surface area contributed by atoms with Gasteiger partial charge in [0.15, 0.2) is 5.34 Å². The second-order valence-electron chi connectivity index (χ2n) is 5.69. The van der Waals surface area contributed by atoms with E-state index in [1.54, 1.807) is 6.92 Å². The first-order chi connectivity index (χ1) is 8.79. The molecule has 1 atom stereocenters. The van der Waals surface area contributed by atoms with E-state index in [-0.39, 0.29) is 5.92 Å². The molecule has 0 heterocycles. The summed E-state index contributed by atoms with van der Waals surface area (Å²) in [5.74, 6) is 0.230. The van der Waals surface area contributed by atoms with E-state index in [1.807, 2.05) is 27.7 Å². The Kier molecular flexibility index (Phi) is 9.17. The van der Waals surface area contributed by atoms with Crippen molar-refractivity contribution in [3.63, 3.8) is 0 Å². The first-order valence-corrected chi connectivity index (χ1v) is 8.95. The third kappa shape index (κ3) is 6.89. The molecule has 0 aliphatic rings. The maximum atomic E-state index is 12.8. The van der Waals surface area contributed by atoms with E-state index in [2.05, 4.69) is 0 Å². The van der Waals surface area contributed by atoms with E-state index in [1.165, 1.54) is 0 Å². The van der Waals surface area contributed by atoms with E-state index >= 15 is 0 Å². The summed E-state index contributed by atoms with van der Waals surface area (Å²) in [6, 6.07) is 0. The summed E-state index contributed by atoms with van der Waals surface area (Å²) in [7, 11) is -3.48. The van der Waals surface area contributed by atoms with Crippen LogP contribution in [0.2, 0.25) is 0 Å². The standard InChI is InChI=1S/C14H31O4P/c1-6-8-10-17-19(16,18-11-9-7-2)14(5,15)12-13(3)4/h13,15H,6-12H2,1-5H3. The highest BCUT2D eigenvalue weighted by atomic mass is 31.2. The summed E-state index contributed by atoms with van der Waals surface area (Å²) in [6.45, 7) is 10.3. The fraction of sp³-hybridized carbons (Fsp3) is 1.00. The Balaban J connectivity index is 4.75. The van der Waals surface area contributed by atoms with Crippen LogP contribution in [0.15, 0.2) is 0 Å². The summed E-state index contributed by atoms with van der Waals surface area (Å²) in [6.07, 6.45) is 3.96. The molecule has 0 aliphatic heterocycles. The lowest BCUT2D eigenvalue weighted by Crippen LogP contribution is -2.29. The van der Waals surface area contributed by atoms with Gasteiger partial charge < -0.3 is 14.2 Å². The number of rotatable bonds is 11. The van der Waals surface area contributed by atoms with Crippen molar-refractivity contribution in [3.05, 3.63) is 0 Å². The molecule has 0 spiro atoms. The molecule has 0 amide bonds. The molecule has 5 heteroatoms. The molecule has 0 aliphatic carbocycles. The minimum absolute atomic E-state index is 0.230. The van der Waals surface area contributed by atoms with E-state index in [9.17, 15) is 9.67 Å². The predicted octanol–water partition coefficient (Wildman–Crippen LogP) is 4.57. The topological polar surface area (TPSA) is 55.8 Å². The van der Waals surface area contributed by atoms with Gasteiger partial charge in [-0.1, -0.05) is 40.5 Å². The average molecular weight is 294 g/mol. The van der Waals surface area contributed by atoms with Crippen molar-refractivity contribution in [2.75, 3.05) is 13.2 Å². The van der Waals surface area contributed by atoms with Gasteiger partial charge in [-0.25, -0.2) is 0 Å². The lowest BCUT2D eigenvalue weighted by molar-refractivity contribution is 0.0611. The summed E-state index contributed by atoms with van der Waals surface area (Å²) in [5.41, 5.74) is 0. The molecule has 0 saturated carbocycles. The highest BCUT2D eigenvalue weighted by Gasteiger charge is 2.46. The maximum Gasteiger partial charge on any atom is 0.361 e. The molecule has 0 aromatic carbocycles. The van der Waals surface area contributed by atoms with Crippen LogP contribution in [-0.4, -0.2) is 23.7 Å². The van der Waals surface area contributed by atoms with E-state index in [4.69, 9.17) is 9.05 Å². The highest BCUT2D eigenvalue weighted by molar-refractivity contribution is 7.55. The van der Waals surface area contributed by atoms with E-state index in [0.717, 1.165) is 25.7 Å². The first-order valence-electron chi connectivity index (χ1n) is 7.40. The lowest BCUT2D eigenvalue weighted by Gasteiger charge is -2.33. The minimum atomic E-state index is -3.48. The molecule has 1 unspecified atom stereocenters. The summed E-state index contributed by atoms with van der Waals surface area (Å²) in [5, 5.41) is 9.08. The van der Waals surface area contributed by atoms with Crippen LogP contribution in [0.1, 0.15) is 66.7 Å². The zero-order valence-corrected chi connectivity index (χ0v) is 14.0. The Labute approximate surface area is 118 Å². The van der Waals surface area contributed by atoms with Gasteiger partial charge in [0.05, 0.1) is 13.2 Å². The molecule has 0 rings (SSSR count). The third-order valence-corrected chi connectivity index (χ3v) is 5.31. The highest BCUT2D eigenvalue weighted by Crippen LogP contribution is 2.61. The average Bonchev–Trinajstić information content (AvgIpc) is 2.28. The second kappa shape index (κ2) is 9.12. The Bertz CT molecular complexity index is 263. The zero-order chi connectivity index (χ0) is 14.9. The number of aliphatic hydroxyl groups is 1. The maximum absolute atomic E-state index is 12.8. The van der Waals surface area contributed by atoms with Gasteiger partial charge in [0.25, 0.3) is 0 Å². The smallest absolute Gasteiger partial charge is 0.361 e. The van der Waals surface area contributed by atoms with Gasteiger partial charge >= 0.3 is 7.60 Å². The normalized spacial score (nSPS) is 15.7. The van der Waals surface area contributed by atoms with Crippen molar-refractivity contribution in [3.8, 4) is 0 Å². The lowest BCUT2D eigenvalue weighted by atomic mass is 10.1. The van der Waals surface area contributed by atoms with Crippen LogP contribution >= 0.6 is 7.60 Å². The summed E-state index contributed by atoms with van der Waals surface area (Å²) >= 11 is 0. The molecule has 4 nitrogen and oxygen atoms in total. The van der Waals surface area contributed by atoms with Crippen LogP contribution in [0.25, 0.3) is 0 Å². The van der Waals surface area contributed by atoms with Crippen molar-refractivity contribution in [1.82, 2.24) is 0 Å². The largest absolute Gasteiger partial charge is 0.377 e. The summed E-state index contributed by atoms with van der Waals surface area (Å²) in [4.78, 5) is 0. The van der Waals surface area contributed by atoms with Gasteiger partial charge in [-0.15, -0.1) is 0 Å². The zero-order valence-electron chi connectivity index (χ0n) is 13.1. The van der Waals surface area contributed by atoms with Crippen LogP contribution in [0.4, 0.5) is 0 Å². The van der Waals surface area contributed by atoms with Crippen LogP contribution in [0.5, 0.6) is 0 Å². The fourth-order valence-corrected chi connectivity index (χ4v) is 3.82. The van der Waals surface area contributed by atoms with Gasteiger partial charge in [-0.2, -0.15) is 0 Å². The quantitative estimate of drug-likeness (QED) is 0.448. The van der Waals surface area contributed by atoms with Gasteiger partial charge in [0, 0.05) is 0 Å². The molecule has 1 N–H and O–H groups in total. The van der Waals surface area contributed by atoms with E-state index < -0.39 is 12.9 Å². The molecule has 0 radical (unpaired) electrons. The van der Waals surface area contributed by atoms with Crippen molar-refractivity contribution in [2.24, 2.45) is 5.92 Å².